The summed E-state index contributed by atoms with van der Waals surface area (Å²) in [6, 6.07) is 13.1. The minimum Gasteiger partial charge on any atom is -0.400 e. The summed E-state index contributed by atoms with van der Waals surface area (Å²) in [7, 11) is 0. The maximum absolute atomic E-state index is 9.31. The van der Waals surface area contributed by atoms with Gasteiger partial charge in [0.25, 0.3) is 0 Å². The Hall–Kier alpha value is -3.38. The van der Waals surface area contributed by atoms with Crippen LogP contribution in [0.4, 0.5) is 11.5 Å². The number of hydrogen-bond donors (Lipinski definition) is 3. The van der Waals surface area contributed by atoms with Crippen LogP contribution < -0.4 is 11.5 Å². The van der Waals surface area contributed by atoms with Gasteiger partial charge >= 0.3 is 0 Å². The van der Waals surface area contributed by atoms with E-state index in [2.05, 4.69) is 31.5 Å². The number of nitrogens with zero attached hydrogens (tertiary/aromatic N) is 5. The second-order valence-electron chi connectivity index (χ2n) is 4.97. The lowest BCUT2D eigenvalue weighted by molar-refractivity contribution is 0.953. The Morgan fingerprint density at radius 2 is 2.12 bits per heavy atom. The molecule has 0 amide bonds. The summed E-state index contributed by atoms with van der Waals surface area (Å²) in [5, 5.41) is 19.8. The average molecular weight is 350 g/mol. The van der Waals surface area contributed by atoms with E-state index in [0.717, 1.165) is 10.6 Å². The molecule has 0 bridgehead atoms. The number of aliphatic imine (C=N–C) groups is 1. The van der Waals surface area contributed by atoms with E-state index in [9.17, 15) is 5.26 Å². The molecule has 0 unspecified atom stereocenters. The molecule has 0 atom stereocenters. The van der Waals surface area contributed by atoms with Gasteiger partial charge < -0.3 is 11.5 Å². The fraction of sp³-hybridized carbons (Fsp3) is 0.0625. The van der Waals surface area contributed by atoms with Crippen LogP contribution in [0, 0.1) is 11.3 Å². The number of anilines is 1. The molecule has 8 nitrogen and oxygen atoms in total. The van der Waals surface area contributed by atoms with Crippen LogP contribution in [0.1, 0.15) is 0 Å². The summed E-state index contributed by atoms with van der Waals surface area (Å²) in [6.45, 7) is 0. The predicted octanol–water partition coefficient (Wildman–Crippen LogP) is 2.17. The van der Waals surface area contributed by atoms with E-state index < -0.39 is 0 Å². The Labute approximate surface area is 147 Å². The van der Waals surface area contributed by atoms with Crippen molar-refractivity contribution < 1.29 is 0 Å². The second-order valence-corrected chi connectivity index (χ2v) is 5.99. The third kappa shape index (κ3) is 3.94. The Bertz CT molecular complexity index is 984. The number of thioether (sulfide) groups is 1. The first-order valence-corrected chi connectivity index (χ1v) is 8.23. The summed E-state index contributed by atoms with van der Waals surface area (Å²) in [5.41, 5.74) is 14.4. The lowest BCUT2D eigenvalue weighted by Crippen LogP contribution is -2.05. The van der Waals surface area contributed by atoms with Crippen molar-refractivity contribution in [1.29, 1.82) is 5.26 Å². The molecule has 25 heavy (non-hydrogen) atoms. The van der Waals surface area contributed by atoms with E-state index >= 15 is 0 Å². The summed E-state index contributed by atoms with van der Waals surface area (Å²) in [6.07, 6.45) is 1.47. The van der Waals surface area contributed by atoms with Crippen molar-refractivity contribution in [3.05, 3.63) is 47.7 Å². The molecule has 0 aliphatic heterocycles. The highest BCUT2D eigenvalue weighted by molar-refractivity contribution is 7.99. The second kappa shape index (κ2) is 7.46. The highest BCUT2D eigenvalue weighted by atomic mass is 32.2. The molecule has 0 aliphatic rings. The maximum atomic E-state index is 9.31. The van der Waals surface area contributed by atoms with Crippen LogP contribution in [0.3, 0.4) is 0 Å². The molecule has 3 rings (SSSR count). The van der Waals surface area contributed by atoms with Crippen molar-refractivity contribution >= 4 is 40.6 Å². The molecule has 0 fully saturated rings. The van der Waals surface area contributed by atoms with Gasteiger partial charge in [-0.3, -0.25) is 4.99 Å². The molecule has 0 saturated heterocycles. The van der Waals surface area contributed by atoms with E-state index in [-0.39, 0.29) is 0 Å². The standard InChI is InChI=1S/C16H14N8S/c17-7-10(8-20-11-4-2-1-3-5-11)12(18)9-25-13-6-14(19)21-16-15(13)22-24-23-16/h1-6,8H,9,18H2,(H3,19,21,22,23,24). The zero-order chi connectivity index (χ0) is 17.6. The fourth-order valence-corrected chi connectivity index (χ4v) is 2.95. The quantitative estimate of drug-likeness (QED) is 0.363. The Morgan fingerprint density at radius 3 is 2.88 bits per heavy atom. The fourth-order valence-electron chi connectivity index (χ4n) is 2.01. The van der Waals surface area contributed by atoms with Gasteiger partial charge in [-0.15, -0.1) is 16.9 Å². The van der Waals surface area contributed by atoms with Crippen LogP contribution >= 0.6 is 11.8 Å². The molecule has 0 radical (unpaired) electrons. The highest BCUT2D eigenvalue weighted by Crippen LogP contribution is 2.27. The molecule has 3 aromatic rings. The van der Waals surface area contributed by atoms with E-state index in [1.807, 2.05) is 30.3 Å². The highest BCUT2D eigenvalue weighted by Gasteiger charge is 2.10. The number of aromatic amines is 1. The molecular formula is C16H14N8S. The molecular weight excluding hydrogens is 336 g/mol. The molecule has 2 aromatic heterocycles. The van der Waals surface area contributed by atoms with Gasteiger partial charge in [-0.2, -0.15) is 15.6 Å². The van der Waals surface area contributed by atoms with Crippen LogP contribution in [-0.4, -0.2) is 32.4 Å². The maximum Gasteiger partial charge on any atom is 0.204 e. The van der Waals surface area contributed by atoms with Gasteiger partial charge in [-0.25, -0.2) is 4.98 Å². The first-order chi connectivity index (χ1) is 12.2. The number of hydrogen-bond acceptors (Lipinski definition) is 8. The number of nitrogens with two attached hydrogens (primary N) is 2. The molecule has 0 aliphatic carbocycles. The lowest BCUT2D eigenvalue weighted by atomic mass is 10.2. The Kier molecular flexibility index (Phi) is 4.92. The van der Waals surface area contributed by atoms with Gasteiger partial charge in [-0.1, -0.05) is 18.2 Å². The number of nitriles is 1. The monoisotopic (exact) mass is 350 g/mol. The minimum atomic E-state index is 0.315. The third-order valence-corrected chi connectivity index (χ3v) is 4.30. The molecule has 9 heteroatoms. The van der Waals surface area contributed by atoms with E-state index in [1.165, 1.54) is 18.0 Å². The first kappa shape index (κ1) is 16.5. The number of fused-ring (bicyclic) bond motifs is 1. The molecule has 124 valence electrons. The van der Waals surface area contributed by atoms with Crippen molar-refractivity contribution in [2.75, 3.05) is 11.5 Å². The smallest absolute Gasteiger partial charge is 0.204 e. The van der Waals surface area contributed by atoms with E-state index in [4.69, 9.17) is 11.5 Å². The number of para-hydroxylation sites is 1. The lowest BCUT2D eigenvalue weighted by Gasteiger charge is -2.04. The molecule has 1 aromatic carbocycles. The van der Waals surface area contributed by atoms with Crippen LogP contribution in [-0.2, 0) is 0 Å². The van der Waals surface area contributed by atoms with Crippen LogP contribution in [0.15, 0.2) is 57.6 Å². The van der Waals surface area contributed by atoms with Gasteiger partial charge in [0.1, 0.15) is 17.4 Å². The molecule has 2 heterocycles. The number of nitrogens with one attached hydrogen (secondary N) is 1. The largest absolute Gasteiger partial charge is 0.400 e. The van der Waals surface area contributed by atoms with Crippen LogP contribution in [0.2, 0.25) is 0 Å². The van der Waals surface area contributed by atoms with Crippen LogP contribution in [0.5, 0.6) is 0 Å². The summed E-state index contributed by atoms with van der Waals surface area (Å²) in [5.74, 6) is 0.729. The third-order valence-electron chi connectivity index (χ3n) is 3.23. The summed E-state index contributed by atoms with van der Waals surface area (Å²) >= 11 is 1.40. The molecule has 5 N–H and O–H groups in total. The van der Waals surface area contributed by atoms with Crippen molar-refractivity contribution in [3.8, 4) is 6.07 Å². The van der Waals surface area contributed by atoms with E-state index in [1.54, 1.807) is 6.07 Å². The number of allylic oxidation sites excluding steroid dienone is 1. The molecule has 0 saturated carbocycles. The summed E-state index contributed by atoms with van der Waals surface area (Å²) in [4.78, 5) is 9.13. The van der Waals surface area contributed by atoms with Gasteiger partial charge in [0.2, 0.25) is 5.65 Å². The van der Waals surface area contributed by atoms with Gasteiger partial charge in [0.15, 0.2) is 0 Å². The molecule has 0 spiro atoms. The van der Waals surface area contributed by atoms with Crippen molar-refractivity contribution in [2.24, 2.45) is 10.7 Å². The van der Waals surface area contributed by atoms with Crippen molar-refractivity contribution in [2.45, 2.75) is 4.90 Å². The minimum absolute atomic E-state index is 0.315. The number of benzene rings is 1. The van der Waals surface area contributed by atoms with Crippen molar-refractivity contribution in [3.63, 3.8) is 0 Å². The number of rotatable bonds is 5. The normalized spacial score (nSPS) is 12.3. The Balaban J connectivity index is 1.78. The van der Waals surface area contributed by atoms with Crippen molar-refractivity contribution in [1.82, 2.24) is 20.4 Å². The number of nitrogen functional groups attached to an aromatic ring is 1. The zero-order valence-corrected chi connectivity index (χ0v) is 13.9. The van der Waals surface area contributed by atoms with E-state index in [0.29, 0.717) is 34.0 Å². The topological polar surface area (TPSA) is 143 Å². The first-order valence-electron chi connectivity index (χ1n) is 7.25. The van der Waals surface area contributed by atoms with Gasteiger partial charge in [-0.05, 0) is 18.2 Å². The average Bonchev–Trinajstić information content (AvgIpc) is 3.09. The number of H-pyrrole nitrogens is 1. The van der Waals surface area contributed by atoms with Gasteiger partial charge in [0.05, 0.1) is 11.3 Å². The SMILES string of the molecule is N#CC(C=Nc1ccccc1)=C(N)CSc1cc(N)nc2n[nH]nc12. The van der Waals surface area contributed by atoms with Gasteiger partial charge in [0, 0.05) is 22.6 Å². The number of aromatic nitrogens is 4. The Morgan fingerprint density at radius 1 is 1.32 bits per heavy atom. The number of pyridine rings is 1. The summed E-state index contributed by atoms with van der Waals surface area (Å²) < 4.78 is 0. The van der Waals surface area contributed by atoms with Crippen LogP contribution in [0.25, 0.3) is 11.2 Å². The predicted molar refractivity (Wildman–Crippen MR) is 98.2 cm³/mol. The zero-order valence-electron chi connectivity index (χ0n) is 13.0.